The maximum absolute atomic E-state index is 12.9. The van der Waals surface area contributed by atoms with Crippen LogP contribution < -0.4 is 0 Å². The lowest BCUT2D eigenvalue weighted by molar-refractivity contribution is -0.139. The molecule has 0 spiro atoms. The van der Waals surface area contributed by atoms with Gasteiger partial charge in [0.15, 0.2) is 6.10 Å². The number of nitrogens with zero attached hydrogens (tertiary/aromatic N) is 2. The average Bonchev–Trinajstić information content (AvgIpc) is 2.55. The van der Waals surface area contributed by atoms with Crippen LogP contribution in [-0.4, -0.2) is 27.9 Å². The second-order valence-corrected chi connectivity index (χ2v) is 5.16. The first-order valence-electron chi connectivity index (χ1n) is 7.13. The summed E-state index contributed by atoms with van der Waals surface area (Å²) in [5, 5.41) is 10.1. The molecule has 0 saturated heterocycles. The van der Waals surface area contributed by atoms with Crippen LogP contribution in [0.4, 0.5) is 4.39 Å². The van der Waals surface area contributed by atoms with Crippen molar-refractivity contribution in [3.63, 3.8) is 0 Å². The van der Waals surface area contributed by atoms with Gasteiger partial charge < -0.3 is 10.0 Å². The Kier molecular flexibility index (Phi) is 5.22. The van der Waals surface area contributed by atoms with E-state index in [9.17, 15) is 14.3 Å². The molecule has 5 heteroatoms. The summed E-state index contributed by atoms with van der Waals surface area (Å²) in [5.74, 6) is -0.857. The van der Waals surface area contributed by atoms with Crippen molar-refractivity contribution in [1.29, 1.82) is 0 Å². The van der Waals surface area contributed by atoms with Crippen LogP contribution >= 0.6 is 0 Å². The number of hydrogen-bond acceptors (Lipinski definition) is 3. The molecule has 0 radical (unpaired) electrons. The number of benzene rings is 1. The molecule has 0 bridgehead atoms. The first-order valence-corrected chi connectivity index (χ1v) is 7.13. The summed E-state index contributed by atoms with van der Waals surface area (Å²) in [5.41, 5.74) is 2.25. The average molecular weight is 302 g/mol. The van der Waals surface area contributed by atoms with Crippen molar-refractivity contribution in [2.75, 3.05) is 7.05 Å². The van der Waals surface area contributed by atoms with E-state index in [0.717, 1.165) is 17.7 Å². The summed E-state index contributed by atoms with van der Waals surface area (Å²) >= 11 is 0. The summed E-state index contributed by atoms with van der Waals surface area (Å²) in [6.45, 7) is 2.35. The third kappa shape index (κ3) is 3.89. The number of likely N-dealkylation sites (N-methyl/N-ethyl adjacent to an activating group) is 1. The lowest BCUT2D eigenvalue weighted by Gasteiger charge is -2.20. The molecular formula is C17H19FN2O2. The van der Waals surface area contributed by atoms with Crippen LogP contribution in [0.1, 0.15) is 29.8 Å². The van der Waals surface area contributed by atoms with Crippen LogP contribution in [0.2, 0.25) is 0 Å². The molecule has 1 aromatic heterocycles. The van der Waals surface area contributed by atoms with E-state index in [4.69, 9.17) is 0 Å². The zero-order valence-electron chi connectivity index (χ0n) is 12.7. The molecule has 0 aliphatic carbocycles. The van der Waals surface area contributed by atoms with Crippen LogP contribution in [0, 0.1) is 5.82 Å². The molecule has 1 atom stereocenters. The standard InChI is InChI=1S/C17H19FN2O2/c1-3-12-4-9-15(19-10-12)11-20(2)17(22)16(21)13-5-7-14(18)8-6-13/h4-10,16,21H,3,11H2,1-2H3/t16-/m0/s1. The van der Waals surface area contributed by atoms with Gasteiger partial charge in [-0.15, -0.1) is 0 Å². The molecule has 2 rings (SSSR count). The zero-order chi connectivity index (χ0) is 16.1. The highest BCUT2D eigenvalue weighted by molar-refractivity contribution is 5.81. The molecule has 1 heterocycles. The number of aryl methyl sites for hydroxylation is 1. The summed E-state index contributed by atoms with van der Waals surface area (Å²) in [7, 11) is 1.60. The van der Waals surface area contributed by atoms with Crippen LogP contribution in [0.15, 0.2) is 42.6 Å². The zero-order valence-corrected chi connectivity index (χ0v) is 12.7. The fourth-order valence-electron chi connectivity index (χ4n) is 2.08. The lowest BCUT2D eigenvalue weighted by Crippen LogP contribution is -2.31. The Bertz CT molecular complexity index is 626. The predicted molar refractivity (Wildman–Crippen MR) is 81.4 cm³/mol. The first-order chi connectivity index (χ1) is 10.5. The van der Waals surface area contributed by atoms with E-state index >= 15 is 0 Å². The molecule has 4 nitrogen and oxygen atoms in total. The highest BCUT2D eigenvalue weighted by Crippen LogP contribution is 2.16. The van der Waals surface area contributed by atoms with Crippen molar-refractivity contribution in [2.45, 2.75) is 26.0 Å². The third-order valence-corrected chi connectivity index (χ3v) is 3.49. The summed E-state index contributed by atoms with van der Waals surface area (Å²) in [4.78, 5) is 17.9. The normalized spacial score (nSPS) is 12.0. The Hall–Kier alpha value is -2.27. The molecule has 0 saturated carbocycles. The van der Waals surface area contributed by atoms with Crippen LogP contribution in [0.3, 0.4) is 0 Å². The fraction of sp³-hybridized carbons (Fsp3) is 0.294. The Balaban J connectivity index is 2.02. The monoisotopic (exact) mass is 302 g/mol. The minimum absolute atomic E-state index is 0.307. The van der Waals surface area contributed by atoms with Gasteiger partial charge in [-0.2, -0.15) is 0 Å². The maximum Gasteiger partial charge on any atom is 0.256 e. The second kappa shape index (κ2) is 7.13. The molecule has 1 aromatic carbocycles. The molecule has 1 amide bonds. The van der Waals surface area contributed by atoms with Crippen molar-refractivity contribution in [3.8, 4) is 0 Å². The molecule has 2 aromatic rings. The van der Waals surface area contributed by atoms with Gasteiger partial charge in [0.2, 0.25) is 0 Å². The number of pyridine rings is 1. The van der Waals surface area contributed by atoms with Crippen molar-refractivity contribution < 1.29 is 14.3 Å². The van der Waals surface area contributed by atoms with Crippen molar-refractivity contribution in [2.24, 2.45) is 0 Å². The van der Waals surface area contributed by atoms with Crippen LogP contribution in [-0.2, 0) is 17.8 Å². The predicted octanol–water partition coefficient (Wildman–Crippen LogP) is 2.48. The number of aliphatic hydroxyl groups is 1. The van der Waals surface area contributed by atoms with Gasteiger partial charge >= 0.3 is 0 Å². The van der Waals surface area contributed by atoms with Gasteiger partial charge in [-0.05, 0) is 35.7 Å². The van der Waals surface area contributed by atoms with E-state index in [1.807, 2.05) is 19.1 Å². The Morgan fingerprint density at radius 2 is 1.95 bits per heavy atom. The Morgan fingerprint density at radius 1 is 1.27 bits per heavy atom. The van der Waals surface area contributed by atoms with E-state index in [2.05, 4.69) is 4.98 Å². The molecule has 116 valence electrons. The highest BCUT2D eigenvalue weighted by atomic mass is 19.1. The molecule has 0 fully saturated rings. The topological polar surface area (TPSA) is 53.4 Å². The quantitative estimate of drug-likeness (QED) is 0.923. The van der Waals surface area contributed by atoms with Gasteiger partial charge in [0.25, 0.3) is 5.91 Å². The number of aromatic nitrogens is 1. The van der Waals surface area contributed by atoms with E-state index < -0.39 is 17.8 Å². The van der Waals surface area contributed by atoms with Gasteiger partial charge in [-0.3, -0.25) is 9.78 Å². The lowest BCUT2D eigenvalue weighted by atomic mass is 10.1. The number of carbonyl (C=O) groups excluding carboxylic acids is 1. The molecule has 0 aliphatic heterocycles. The molecular weight excluding hydrogens is 283 g/mol. The molecule has 22 heavy (non-hydrogen) atoms. The van der Waals surface area contributed by atoms with E-state index in [1.165, 1.54) is 29.2 Å². The van der Waals surface area contributed by atoms with Crippen molar-refractivity contribution >= 4 is 5.91 Å². The summed E-state index contributed by atoms with van der Waals surface area (Å²) < 4.78 is 12.9. The second-order valence-electron chi connectivity index (χ2n) is 5.16. The van der Waals surface area contributed by atoms with Gasteiger partial charge in [0, 0.05) is 13.2 Å². The van der Waals surface area contributed by atoms with Crippen LogP contribution in [0.25, 0.3) is 0 Å². The van der Waals surface area contributed by atoms with E-state index in [-0.39, 0.29) is 0 Å². The number of amides is 1. The number of hydrogen-bond donors (Lipinski definition) is 1. The minimum atomic E-state index is -1.31. The van der Waals surface area contributed by atoms with Gasteiger partial charge in [0.05, 0.1) is 12.2 Å². The Morgan fingerprint density at radius 3 is 2.50 bits per heavy atom. The third-order valence-electron chi connectivity index (χ3n) is 3.49. The van der Waals surface area contributed by atoms with Gasteiger partial charge in [-0.25, -0.2) is 4.39 Å². The molecule has 0 unspecified atom stereocenters. The van der Waals surface area contributed by atoms with Gasteiger partial charge in [-0.1, -0.05) is 25.1 Å². The maximum atomic E-state index is 12.9. The fourth-order valence-corrected chi connectivity index (χ4v) is 2.08. The van der Waals surface area contributed by atoms with Gasteiger partial charge in [0.1, 0.15) is 5.82 Å². The van der Waals surface area contributed by atoms with E-state index in [1.54, 1.807) is 13.2 Å². The summed E-state index contributed by atoms with van der Waals surface area (Å²) in [6.07, 6.45) is 1.38. The largest absolute Gasteiger partial charge is 0.378 e. The van der Waals surface area contributed by atoms with Crippen LogP contribution in [0.5, 0.6) is 0 Å². The number of carbonyl (C=O) groups is 1. The molecule has 1 N–H and O–H groups in total. The van der Waals surface area contributed by atoms with E-state index in [0.29, 0.717) is 12.1 Å². The number of rotatable bonds is 5. The van der Waals surface area contributed by atoms with Crippen molar-refractivity contribution in [3.05, 3.63) is 65.2 Å². The number of aliphatic hydroxyl groups excluding tert-OH is 1. The highest BCUT2D eigenvalue weighted by Gasteiger charge is 2.21. The minimum Gasteiger partial charge on any atom is -0.378 e. The molecule has 0 aliphatic rings. The first kappa shape index (κ1) is 16.1. The number of halogens is 1. The summed E-state index contributed by atoms with van der Waals surface area (Å²) in [6, 6.07) is 9.08. The Labute approximate surface area is 129 Å². The smallest absolute Gasteiger partial charge is 0.256 e. The SMILES string of the molecule is CCc1ccc(CN(C)C(=O)[C@@H](O)c2ccc(F)cc2)nc1. The van der Waals surface area contributed by atoms with Crippen molar-refractivity contribution in [1.82, 2.24) is 9.88 Å².